The highest BCUT2D eigenvalue weighted by atomic mass is 16.2. The maximum Gasteiger partial charge on any atom is 0.265 e. The lowest BCUT2D eigenvalue weighted by atomic mass is 9.75. The number of hydrogen-bond acceptors (Lipinski definition) is 3. The van der Waals surface area contributed by atoms with Crippen molar-refractivity contribution >= 4 is 17.6 Å². The second kappa shape index (κ2) is 7.72. The van der Waals surface area contributed by atoms with Gasteiger partial charge in [-0.15, -0.1) is 0 Å². The minimum atomic E-state index is -0.572. The van der Waals surface area contributed by atoms with Crippen molar-refractivity contribution in [3.05, 3.63) is 22.5 Å². The summed E-state index contributed by atoms with van der Waals surface area (Å²) >= 11 is 0. The van der Waals surface area contributed by atoms with Gasteiger partial charge < -0.3 is 15.6 Å². The Balaban J connectivity index is 2.11. The Kier molecular flexibility index (Phi) is 5.69. The molecule has 6 nitrogen and oxygen atoms in total. The van der Waals surface area contributed by atoms with E-state index >= 15 is 0 Å². The summed E-state index contributed by atoms with van der Waals surface area (Å²) < 4.78 is 1.82. The van der Waals surface area contributed by atoms with Crippen molar-refractivity contribution in [2.75, 3.05) is 6.54 Å². The minimum absolute atomic E-state index is 0.0416. The Labute approximate surface area is 167 Å². The van der Waals surface area contributed by atoms with Crippen LogP contribution >= 0.6 is 0 Å². The highest BCUT2D eigenvalue weighted by molar-refractivity contribution is 6.05. The summed E-state index contributed by atoms with van der Waals surface area (Å²) in [7, 11) is 0. The van der Waals surface area contributed by atoms with Crippen LogP contribution in [0.25, 0.3) is 0 Å². The normalized spacial score (nSPS) is 19.2. The molecule has 0 saturated heterocycles. The Morgan fingerprint density at radius 2 is 1.96 bits per heavy atom. The van der Waals surface area contributed by atoms with Crippen LogP contribution in [0.2, 0.25) is 0 Å². The van der Waals surface area contributed by atoms with E-state index < -0.39 is 11.9 Å². The van der Waals surface area contributed by atoms with Gasteiger partial charge in [-0.3, -0.25) is 14.4 Å². The number of nitrogens with zero attached hydrogens (tertiary/aromatic N) is 1. The van der Waals surface area contributed by atoms with Gasteiger partial charge in [0.25, 0.3) is 5.91 Å². The number of rotatable bonds is 8. The Morgan fingerprint density at radius 1 is 1.29 bits per heavy atom. The molecule has 0 aromatic carbocycles. The smallest absolute Gasteiger partial charge is 0.265 e. The summed E-state index contributed by atoms with van der Waals surface area (Å²) in [6.07, 6.45) is 5.97. The molecule has 1 heterocycles. The molecular formula is C22H33N3O3. The SMILES string of the molecule is CCCNC(=O)C(CCC1CC1)n1c2c(c(C)c1C(N)=O)C(=O)CC(C)(C)C2. The van der Waals surface area contributed by atoms with Crippen LogP contribution in [0.15, 0.2) is 0 Å². The summed E-state index contributed by atoms with van der Waals surface area (Å²) in [5.41, 5.74) is 7.90. The third-order valence-electron chi connectivity index (χ3n) is 6.06. The van der Waals surface area contributed by atoms with Gasteiger partial charge in [-0.1, -0.05) is 33.6 Å². The molecule has 1 aromatic rings. The lowest BCUT2D eigenvalue weighted by Gasteiger charge is -2.32. The second-order valence-electron chi connectivity index (χ2n) is 9.30. The molecule has 3 N–H and O–H groups in total. The molecule has 1 saturated carbocycles. The fourth-order valence-corrected chi connectivity index (χ4v) is 4.54. The number of amides is 2. The monoisotopic (exact) mass is 387 g/mol. The second-order valence-corrected chi connectivity index (χ2v) is 9.30. The van der Waals surface area contributed by atoms with Crippen LogP contribution in [0.1, 0.15) is 97.4 Å². The van der Waals surface area contributed by atoms with Crippen molar-refractivity contribution in [1.82, 2.24) is 9.88 Å². The van der Waals surface area contributed by atoms with Crippen LogP contribution in [0.3, 0.4) is 0 Å². The van der Waals surface area contributed by atoms with Crippen LogP contribution in [0, 0.1) is 18.3 Å². The van der Waals surface area contributed by atoms with Gasteiger partial charge in [0.1, 0.15) is 11.7 Å². The number of primary amides is 1. The van der Waals surface area contributed by atoms with Crippen LogP contribution in [-0.4, -0.2) is 28.7 Å². The third-order valence-corrected chi connectivity index (χ3v) is 6.06. The zero-order valence-corrected chi connectivity index (χ0v) is 17.6. The van der Waals surface area contributed by atoms with Crippen molar-refractivity contribution in [2.45, 2.75) is 78.7 Å². The maximum absolute atomic E-state index is 13.1. The van der Waals surface area contributed by atoms with Crippen molar-refractivity contribution in [3.63, 3.8) is 0 Å². The molecule has 0 radical (unpaired) electrons. The minimum Gasteiger partial charge on any atom is -0.364 e. The largest absolute Gasteiger partial charge is 0.364 e. The molecule has 2 aliphatic carbocycles. The van der Waals surface area contributed by atoms with Gasteiger partial charge in [-0.25, -0.2) is 0 Å². The molecule has 2 amide bonds. The third kappa shape index (κ3) is 4.01. The van der Waals surface area contributed by atoms with Crippen molar-refractivity contribution in [3.8, 4) is 0 Å². The predicted molar refractivity (Wildman–Crippen MR) is 108 cm³/mol. The zero-order chi connectivity index (χ0) is 20.6. The van der Waals surface area contributed by atoms with Crippen molar-refractivity contribution in [1.29, 1.82) is 0 Å². The quantitative estimate of drug-likeness (QED) is 0.716. The summed E-state index contributed by atoms with van der Waals surface area (Å²) in [5, 5.41) is 2.99. The maximum atomic E-state index is 13.1. The average molecular weight is 388 g/mol. The van der Waals surface area contributed by atoms with E-state index in [4.69, 9.17) is 5.73 Å². The topological polar surface area (TPSA) is 94.2 Å². The molecule has 1 fully saturated rings. The van der Waals surface area contributed by atoms with Crippen molar-refractivity contribution in [2.24, 2.45) is 17.1 Å². The number of ketones is 1. The van der Waals surface area contributed by atoms with Gasteiger partial charge in [0.05, 0.1) is 0 Å². The molecular weight excluding hydrogens is 354 g/mol. The van der Waals surface area contributed by atoms with Crippen LogP contribution < -0.4 is 11.1 Å². The Bertz CT molecular complexity index is 802. The van der Waals surface area contributed by atoms with Crippen LogP contribution in [-0.2, 0) is 11.2 Å². The first-order valence-electron chi connectivity index (χ1n) is 10.5. The molecule has 0 bridgehead atoms. The van der Waals surface area contributed by atoms with Crippen molar-refractivity contribution < 1.29 is 14.4 Å². The first kappa shape index (κ1) is 20.6. The molecule has 28 heavy (non-hydrogen) atoms. The first-order chi connectivity index (χ1) is 13.2. The van der Waals surface area contributed by atoms with E-state index in [2.05, 4.69) is 19.2 Å². The van der Waals surface area contributed by atoms with Gasteiger partial charge >= 0.3 is 0 Å². The lowest BCUT2D eigenvalue weighted by molar-refractivity contribution is -0.124. The standard InChI is InChI=1S/C22H33N3O3/c1-5-10-24-21(28)15(9-8-14-6-7-14)25-16-11-22(3,4)12-17(26)18(16)13(2)19(25)20(23)27/h14-15H,5-12H2,1-4H3,(H2,23,27)(H,24,28). The molecule has 6 heteroatoms. The van der Waals surface area contributed by atoms with Gasteiger partial charge in [0.15, 0.2) is 5.78 Å². The van der Waals surface area contributed by atoms with Crippen LogP contribution in [0.5, 0.6) is 0 Å². The van der Waals surface area contributed by atoms with Gasteiger partial charge in [0.2, 0.25) is 5.91 Å². The molecule has 0 aliphatic heterocycles. The number of carbonyl (C=O) groups is 3. The highest BCUT2D eigenvalue weighted by Crippen LogP contribution is 2.42. The molecule has 2 aliphatic rings. The summed E-state index contributed by atoms with van der Waals surface area (Å²) in [6, 6.07) is -0.501. The summed E-state index contributed by atoms with van der Waals surface area (Å²) in [6.45, 7) is 8.50. The number of nitrogens with one attached hydrogen (secondary N) is 1. The van der Waals surface area contributed by atoms with E-state index in [1.54, 1.807) is 6.92 Å². The summed E-state index contributed by atoms with van der Waals surface area (Å²) in [5.74, 6) is 0.0554. The predicted octanol–water partition coefficient (Wildman–Crippen LogP) is 3.31. The lowest BCUT2D eigenvalue weighted by Crippen LogP contribution is -2.37. The molecule has 0 spiro atoms. The van der Waals surface area contributed by atoms with E-state index in [-0.39, 0.29) is 17.1 Å². The number of fused-ring (bicyclic) bond motifs is 1. The van der Waals surface area contributed by atoms with Crippen LogP contribution in [0.4, 0.5) is 0 Å². The first-order valence-corrected chi connectivity index (χ1v) is 10.5. The molecule has 1 atom stereocenters. The van der Waals surface area contributed by atoms with Gasteiger partial charge in [-0.05, 0) is 49.5 Å². The Morgan fingerprint density at radius 3 is 2.54 bits per heavy atom. The van der Waals surface area contributed by atoms with E-state index in [1.165, 1.54) is 12.8 Å². The zero-order valence-electron chi connectivity index (χ0n) is 17.6. The van der Waals surface area contributed by atoms with E-state index in [1.807, 2.05) is 11.5 Å². The fourth-order valence-electron chi connectivity index (χ4n) is 4.54. The molecule has 3 rings (SSSR count). The number of hydrogen-bond donors (Lipinski definition) is 2. The van der Waals surface area contributed by atoms with E-state index in [0.717, 1.165) is 18.5 Å². The number of nitrogens with two attached hydrogens (primary N) is 1. The van der Waals surface area contributed by atoms with Gasteiger partial charge in [0, 0.05) is 24.2 Å². The molecule has 1 aromatic heterocycles. The summed E-state index contributed by atoms with van der Waals surface area (Å²) in [4.78, 5) is 38.3. The van der Waals surface area contributed by atoms with E-state index in [9.17, 15) is 14.4 Å². The van der Waals surface area contributed by atoms with E-state index in [0.29, 0.717) is 48.5 Å². The fraction of sp³-hybridized carbons (Fsp3) is 0.682. The van der Waals surface area contributed by atoms with Gasteiger partial charge in [-0.2, -0.15) is 0 Å². The molecule has 1 unspecified atom stereocenters. The number of carbonyl (C=O) groups excluding carboxylic acids is 3. The number of Topliss-reactive ketones (excluding diaryl/α,β-unsaturated/α-hetero) is 1. The number of aromatic nitrogens is 1. The average Bonchev–Trinajstić information content (AvgIpc) is 3.36. The highest BCUT2D eigenvalue weighted by Gasteiger charge is 2.40. The Hall–Kier alpha value is -2.11. The molecule has 154 valence electrons.